The van der Waals surface area contributed by atoms with E-state index in [1.165, 1.54) is 5.57 Å². The first-order chi connectivity index (χ1) is 13.4. The van der Waals surface area contributed by atoms with Crippen LogP contribution in [0.5, 0.6) is 0 Å². The Kier molecular flexibility index (Phi) is 5.62. The monoisotopic (exact) mass is 406 g/mol. The van der Waals surface area contributed by atoms with Crippen LogP contribution in [0, 0.1) is 5.92 Å². The third-order valence-electron chi connectivity index (χ3n) is 6.61. The van der Waals surface area contributed by atoms with Gasteiger partial charge in [-0.1, -0.05) is 35.4 Å². The van der Waals surface area contributed by atoms with Gasteiger partial charge >= 0.3 is 0 Å². The van der Waals surface area contributed by atoms with Gasteiger partial charge in [0.1, 0.15) is 5.60 Å². The topological polar surface area (TPSA) is 43.5 Å². The zero-order valence-corrected chi connectivity index (χ0v) is 18.0. The summed E-state index contributed by atoms with van der Waals surface area (Å²) in [6.07, 6.45) is 5.36. The van der Waals surface area contributed by atoms with Crippen molar-refractivity contribution in [3.8, 4) is 0 Å². The third kappa shape index (κ3) is 3.90. The fourth-order valence-electron chi connectivity index (χ4n) is 4.91. The molecule has 1 aromatic rings. The van der Waals surface area contributed by atoms with Crippen molar-refractivity contribution >= 4 is 11.6 Å². The van der Waals surface area contributed by atoms with Gasteiger partial charge in [0.2, 0.25) is 0 Å². The van der Waals surface area contributed by atoms with E-state index < -0.39 is 0 Å². The van der Waals surface area contributed by atoms with E-state index in [2.05, 4.69) is 26.8 Å². The highest BCUT2D eigenvalue weighted by Crippen LogP contribution is 2.59. The van der Waals surface area contributed by atoms with Gasteiger partial charge < -0.3 is 18.9 Å². The van der Waals surface area contributed by atoms with Gasteiger partial charge in [-0.25, -0.2) is 0 Å². The summed E-state index contributed by atoms with van der Waals surface area (Å²) < 4.78 is 24.6. The van der Waals surface area contributed by atoms with Crippen LogP contribution in [0.25, 0.3) is 0 Å². The fraction of sp³-hybridized carbons (Fsp3) is 0.652. The summed E-state index contributed by atoms with van der Waals surface area (Å²) >= 11 is 5.99. The first-order valence-corrected chi connectivity index (χ1v) is 10.6. The number of hydrogen-bond donors (Lipinski definition) is 0. The molecule has 6 unspecified atom stereocenters. The van der Waals surface area contributed by atoms with Crippen molar-refractivity contribution in [2.24, 2.45) is 5.92 Å². The van der Waals surface area contributed by atoms with Crippen LogP contribution in [0.3, 0.4) is 0 Å². The van der Waals surface area contributed by atoms with Crippen molar-refractivity contribution in [2.75, 3.05) is 13.7 Å². The van der Waals surface area contributed by atoms with E-state index in [-0.39, 0.29) is 35.4 Å². The van der Waals surface area contributed by atoms with E-state index in [1.807, 2.05) is 24.3 Å². The van der Waals surface area contributed by atoms with Crippen molar-refractivity contribution in [1.82, 2.24) is 0 Å². The molecular weight excluding hydrogens is 376 g/mol. The van der Waals surface area contributed by atoms with Crippen LogP contribution in [0.15, 0.2) is 35.9 Å². The van der Waals surface area contributed by atoms with Crippen LogP contribution in [-0.2, 0) is 25.6 Å². The first kappa shape index (κ1) is 20.4. The number of methoxy groups -OCH3 is 1. The van der Waals surface area contributed by atoms with Crippen LogP contribution in [-0.4, -0.2) is 43.2 Å². The maximum Gasteiger partial charge on any atom is 0.101 e. The summed E-state index contributed by atoms with van der Waals surface area (Å²) in [6, 6.07) is 7.82. The second kappa shape index (κ2) is 7.73. The molecule has 5 heteroatoms. The summed E-state index contributed by atoms with van der Waals surface area (Å²) in [5.41, 5.74) is 2.13. The predicted molar refractivity (Wildman–Crippen MR) is 110 cm³/mol. The van der Waals surface area contributed by atoms with E-state index >= 15 is 0 Å². The van der Waals surface area contributed by atoms with Crippen LogP contribution in [0.4, 0.5) is 0 Å². The molecule has 4 rings (SSSR count). The average Bonchev–Trinajstić information content (AvgIpc) is 3.58. The Balaban J connectivity index is 1.47. The summed E-state index contributed by atoms with van der Waals surface area (Å²) in [7, 11) is 1.79. The SMILES string of the molecule is COC1C(OCc2ccc(Cl)cc2)CCC2(CO2)C1C1(C)OC1CC=C(C)C. The Morgan fingerprint density at radius 1 is 1.29 bits per heavy atom. The summed E-state index contributed by atoms with van der Waals surface area (Å²) in [6.45, 7) is 7.84. The third-order valence-corrected chi connectivity index (χ3v) is 6.87. The molecule has 0 radical (unpaired) electrons. The van der Waals surface area contributed by atoms with Crippen LogP contribution in [0.1, 0.15) is 45.6 Å². The van der Waals surface area contributed by atoms with Crippen molar-refractivity contribution in [3.63, 3.8) is 0 Å². The van der Waals surface area contributed by atoms with E-state index in [0.717, 1.165) is 36.5 Å². The zero-order chi connectivity index (χ0) is 19.9. The minimum Gasteiger partial charge on any atom is -0.378 e. The Morgan fingerprint density at radius 2 is 2.00 bits per heavy atom. The molecule has 1 aliphatic carbocycles. The van der Waals surface area contributed by atoms with E-state index in [4.69, 9.17) is 30.5 Å². The molecule has 2 saturated heterocycles. The lowest BCUT2D eigenvalue weighted by Gasteiger charge is -2.43. The van der Waals surface area contributed by atoms with Gasteiger partial charge in [-0.15, -0.1) is 0 Å². The highest BCUT2D eigenvalue weighted by Gasteiger charge is 2.71. The number of ether oxygens (including phenoxy) is 4. The molecule has 2 aliphatic heterocycles. The minimum atomic E-state index is -0.217. The molecule has 0 bridgehead atoms. The average molecular weight is 407 g/mol. The molecule has 28 heavy (non-hydrogen) atoms. The lowest BCUT2D eigenvalue weighted by atomic mass is 9.68. The predicted octanol–water partition coefficient (Wildman–Crippen LogP) is 4.93. The number of hydrogen-bond acceptors (Lipinski definition) is 4. The van der Waals surface area contributed by atoms with Gasteiger partial charge in [-0.3, -0.25) is 0 Å². The number of benzene rings is 1. The van der Waals surface area contributed by atoms with Crippen molar-refractivity contribution in [1.29, 1.82) is 0 Å². The van der Waals surface area contributed by atoms with E-state index in [0.29, 0.717) is 6.61 Å². The zero-order valence-electron chi connectivity index (χ0n) is 17.2. The summed E-state index contributed by atoms with van der Waals surface area (Å²) in [4.78, 5) is 0. The molecule has 3 aliphatic rings. The second-order valence-corrected chi connectivity index (χ2v) is 9.29. The molecule has 0 aromatic heterocycles. The van der Waals surface area contributed by atoms with E-state index in [9.17, 15) is 0 Å². The van der Waals surface area contributed by atoms with E-state index in [1.54, 1.807) is 7.11 Å². The van der Waals surface area contributed by atoms with Gasteiger partial charge in [0.15, 0.2) is 0 Å². The molecule has 0 amide bonds. The summed E-state index contributed by atoms with van der Waals surface area (Å²) in [5, 5.41) is 0.741. The Morgan fingerprint density at radius 3 is 2.61 bits per heavy atom. The molecule has 3 fully saturated rings. The Bertz CT molecular complexity index is 723. The molecular formula is C23H31ClO4. The molecule has 6 atom stereocenters. The first-order valence-electron chi connectivity index (χ1n) is 10.2. The summed E-state index contributed by atoms with van der Waals surface area (Å²) in [5.74, 6) is 0.185. The molecule has 0 N–H and O–H groups in total. The van der Waals surface area contributed by atoms with Gasteiger partial charge in [0, 0.05) is 12.1 Å². The maximum absolute atomic E-state index is 6.33. The van der Waals surface area contributed by atoms with Gasteiger partial charge in [0.05, 0.1) is 43.0 Å². The van der Waals surface area contributed by atoms with Crippen molar-refractivity contribution in [3.05, 3.63) is 46.5 Å². The van der Waals surface area contributed by atoms with Crippen LogP contribution < -0.4 is 0 Å². The van der Waals surface area contributed by atoms with Gasteiger partial charge in [-0.2, -0.15) is 0 Å². The smallest absolute Gasteiger partial charge is 0.101 e. The molecule has 1 spiro atoms. The van der Waals surface area contributed by atoms with Crippen molar-refractivity contribution in [2.45, 2.75) is 76.2 Å². The Labute approximate surface area is 173 Å². The number of epoxide rings is 2. The fourth-order valence-corrected chi connectivity index (χ4v) is 5.03. The molecule has 154 valence electrons. The standard InChI is InChI=1S/C23H31ClO4/c1-15(2)5-10-19-22(3,28-19)21-20(25-4)18(11-12-23(21)14-27-23)26-13-16-6-8-17(24)9-7-16/h5-9,18-21H,10-14H2,1-4H3. The maximum atomic E-state index is 6.33. The molecule has 1 saturated carbocycles. The highest BCUT2D eigenvalue weighted by atomic mass is 35.5. The normalized spacial score (nSPS) is 39.0. The van der Waals surface area contributed by atoms with Gasteiger partial charge in [0.25, 0.3) is 0 Å². The van der Waals surface area contributed by atoms with Gasteiger partial charge in [-0.05, 0) is 57.7 Å². The molecule has 4 nitrogen and oxygen atoms in total. The highest BCUT2D eigenvalue weighted by molar-refractivity contribution is 6.30. The number of allylic oxidation sites excluding steroid dienone is 1. The quantitative estimate of drug-likeness (QED) is 0.475. The largest absolute Gasteiger partial charge is 0.378 e. The number of rotatable bonds is 7. The molecule has 2 heterocycles. The van der Waals surface area contributed by atoms with Crippen LogP contribution >= 0.6 is 11.6 Å². The second-order valence-electron chi connectivity index (χ2n) is 8.85. The number of halogens is 1. The molecule has 1 aromatic carbocycles. The van der Waals surface area contributed by atoms with Crippen molar-refractivity contribution < 1.29 is 18.9 Å². The minimum absolute atomic E-state index is 0.0330. The van der Waals surface area contributed by atoms with Crippen LogP contribution in [0.2, 0.25) is 5.02 Å². The lowest BCUT2D eigenvalue weighted by Crippen LogP contribution is -2.55. The lowest BCUT2D eigenvalue weighted by molar-refractivity contribution is -0.143. The Hall–Kier alpha value is -0.910.